The average Bonchev–Trinajstić information content (AvgIpc) is 2.77. The van der Waals surface area contributed by atoms with Crippen molar-refractivity contribution in [1.82, 2.24) is 10.2 Å². The van der Waals surface area contributed by atoms with Gasteiger partial charge in [0, 0.05) is 12.1 Å². The number of likely N-dealkylation sites (N-methyl/N-ethyl adjacent to an activating group) is 1. The Hall–Kier alpha value is -1.47. The zero-order chi connectivity index (χ0) is 16.3. The number of nitrogens with one attached hydrogen (secondary N) is 1. The molecule has 1 aliphatic heterocycles. The second kappa shape index (κ2) is 6.75. The molecule has 0 aromatic heterocycles. The number of benzene rings is 1. The molecule has 1 aliphatic rings. The molecule has 22 heavy (non-hydrogen) atoms. The van der Waals surface area contributed by atoms with Crippen molar-refractivity contribution in [3.8, 4) is 0 Å². The fraction of sp³-hybridized carbons (Fsp3) is 0.533. The first kappa shape index (κ1) is 16.9. The Kier molecular flexibility index (Phi) is 5.18. The van der Waals surface area contributed by atoms with Gasteiger partial charge in [-0.1, -0.05) is 12.1 Å². The molecule has 2 atom stereocenters. The van der Waals surface area contributed by atoms with Gasteiger partial charge in [-0.15, -0.1) is 0 Å². The molecule has 1 saturated heterocycles. The number of nitrogens with zero attached hydrogens (tertiary/aromatic N) is 1. The van der Waals surface area contributed by atoms with Crippen LogP contribution in [-0.4, -0.2) is 50.4 Å². The molecule has 2 unspecified atom stereocenters. The van der Waals surface area contributed by atoms with Gasteiger partial charge in [0.15, 0.2) is 9.84 Å². The lowest BCUT2D eigenvalue weighted by atomic mass is 10.1. The third kappa shape index (κ3) is 4.51. The van der Waals surface area contributed by atoms with E-state index in [1.165, 1.54) is 12.1 Å². The average molecular weight is 328 g/mol. The quantitative estimate of drug-likeness (QED) is 0.880. The number of rotatable bonds is 5. The van der Waals surface area contributed by atoms with E-state index in [1.54, 1.807) is 19.2 Å². The van der Waals surface area contributed by atoms with Crippen LogP contribution >= 0.6 is 0 Å². The summed E-state index contributed by atoms with van der Waals surface area (Å²) >= 11 is 0. The number of hydrogen-bond acceptors (Lipinski definition) is 4. The molecule has 0 saturated carbocycles. The van der Waals surface area contributed by atoms with Crippen molar-refractivity contribution in [2.45, 2.75) is 25.4 Å². The van der Waals surface area contributed by atoms with Crippen LogP contribution in [-0.2, 0) is 14.6 Å². The molecule has 1 aromatic carbocycles. The highest BCUT2D eigenvalue weighted by molar-refractivity contribution is 7.91. The molecule has 0 aliphatic carbocycles. The number of carbonyl (C=O) groups is 1. The zero-order valence-corrected chi connectivity index (χ0v) is 13.6. The van der Waals surface area contributed by atoms with Gasteiger partial charge >= 0.3 is 0 Å². The topological polar surface area (TPSA) is 66.5 Å². The normalized spacial score (nSPS) is 21.7. The summed E-state index contributed by atoms with van der Waals surface area (Å²) < 4.78 is 35.7. The van der Waals surface area contributed by atoms with Crippen molar-refractivity contribution in [3.63, 3.8) is 0 Å². The molecule has 122 valence electrons. The summed E-state index contributed by atoms with van der Waals surface area (Å²) in [5.74, 6) is -0.326. The van der Waals surface area contributed by atoms with E-state index >= 15 is 0 Å². The maximum Gasteiger partial charge on any atom is 0.234 e. The molecular weight excluding hydrogens is 307 g/mol. The Labute approximate surface area is 130 Å². The molecule has 7 heteroatoms. The van der Waals surface area contributed by atoms with Crippen LogP contribution in [0.15, 0.2) is 24.3 Å². The van der Waals surface area contributed by atoms with Crippen molar-refractivity contribution in [2.75, 3.05) is 25.1 Å². The SMILES string of the molecule is CC(c1ccc(F)cc1)N(C)CC(=O)NC1CCS(=O)(=O)C1. The molecule has 0 radical (unpaired) electrons. The maximum atomic E-state index is 12.9. The predicted molar refractivity (Wildman–Crippen MR) is 82.6 cm³/mol. The van der Waals surface area contributed by atoms with Gasteiger partial charge in [0.25, 0.3) is 0 Å². The van der Waals surface area contributed by atoms with Gasteiger partial charge in [-0.25, -0.2) is 12.8 Å². The summed E-state index contributed by atoms with van der Waals surface area (Å²) in [6, 6.07) is 5.84. The van der Waals surface area contributed by atoms with Crippen LogP contribution in [0.2, 0.25) is 0 Å². The highest BCUT2D eigenvalue weighted by Crippen LogP contribution is 2.18. The van der Waals surface area contributed by atoms with Gasteiger partial charge in [-0.05, 0) is 38.1 Å². The van der Waals surface area contributed by atoms with E-state index in [4.69, 9.17) is 0 Å². The standard InChI is InChI=1S/C15H21FN2O3S/c1-11(12-3-5-13(16)6-4-12)18(2)9-15(19)17-14-7-8-22(20,21)10-14/h3-6,11,14H,7-10H2,1-2H3,(H,17,19). The fourth-order valence-corrected chi connectivity index (χ4v) is 4.21. The molecule has 1 N–H and O–H groups in total. The predicted octanol–water partition coefficient (Wildman–Crippen LogP) is 1.12. The number of carbonyl (C=O) groups excluding carboxylic acids is 1. The third-order valence-corrected chi connectivity index (χ3v) is 5.77. The number of halogens is 1. The highest BCUT2D eigenvalue weighted by Gasteiger charge is 2.29. The van der Waals surface area contributed by atoms with Gasteiger partial charge in [0.1, 0.15) is 5.82 Å². The summed E-state index contributed by atoms with van der Waals surface area (Å²) in [6.45, 7) is 2.09. The van der Waals surface area contributed by atoms with Gasteiger partial charge < -0.3 is 5.32 Å². The Morgan fingerprint density at radius 3 is 2.59 bits per heavy atom. The van der Waals surface area contributed by atoms with Gasteiger partial charge in [0.05, 0.1) is 18.1 Å². The first-order valence-corrected chi connectivity index (χ1v) is 9.04. The van der Waals surface area contributed by atoms with Crippen LogP contribution < -0.4 is 5.32 Å². The molecule has 2 rings (SSSR count). The second-order valence-corrected chi connectivity index (χ2v) is 8.04. The molecule has 1 heterocycles. The van der Waals surface area contributed by atoms with E-state index < -0.39 is 9.84 Å². The summed E-state index contributed by atoms with van der Waals surface area (Å²) in [6.07, 6.45) is 0.477. The van der Waals surface area contributed by atoms with E-state index in [-0.39, 0.29) is 41.9 Å². The van der Waals surface area contributed by atoms with E-state index in [0.29, 0.717) is 6.42 Å². The highest BCUT2D eigenvalue weighted by atomic mass is 32.2. The Morgan fingerprint density at radius 2 is 2.05 bits per heavy atom. The van der Waals surface area contributed by atoms with Crippen molar-refractivity contribution in [1.29, 1.82) is 0 Å². The lowest BCUT2D eigenvalue weighted by Crippen LogP contribution is -2.42. The zero-order valence-electron chi connectivity index (χ0n) is 12.8. The Balaban J connectivity index is 1.87. The molecule has 1 amide bonds. The molecule has 0 spiro atoms. The van der Waals surface area contributed by atoms with Crippen LogP contribution in [0.5, 0.6) is 0 Å². The van der Waals surface area contributed by atoms with Crippen LogP contribution in [0.3, 0.4) is 0 Å². The van der Waals surface area contributed by atoms with Crippen LogP contribution in [0.4, 0.5) is 4.39 Å². The van der Waals surface area contributed by atoms with E-state index in [0.717, 1.165) is 5.56 Å². The molecule has 1 fully saturated rings. The van der Waals surface area contributed by atoms with E-state index in [9.17, 15) is 17.6 Å². The Morgan fingerprint density at radius 1 is 1.41 bits per heavy atom. The van der Waals surface area contributed by atoms with Gasteiger partial charge in [-0.2, -0.15) is 0 Å². The van der Waals surface area contributed by atoms with Gasteiger partial charge in [0.2, 0.25) is 5.91 Å². The maximum absolute atomic E-state index is 12.9. The lowest BCUT2D eigenvalue weighted by Gasteiger charge is -2.25. The summed E-state index contributed by atoms with van der Waals surface area (Å²) in [5, 5.41) is 2.76. The largest absolute Gasteiger partial charge is 0.351 e. The lowest BCUT2D eigenvalue weighted by molar-refractivity contribution is -0.122. The molecular formula is C15H21FN2O3S. The van der Waals surface area contributed by atoms with E-state index in [2.05, 4.69) is 5.32 Å². The molecule has 0 bridgehead atoms. The minimum atomic E-state index is -3.00. The first-order chi connectivity index (χ1) is 10.3. The minimum absolute atomic E-state index is 0.0238. The van der Waals surface area contributed by atoms with Crippen molar-refractivity contribution in [3.05, 3.63) is 35.6 Å². The Bertz CT molecular complexity index is 631. The van der Waals surface area contributed by atoms with Crippen LogP contribution in [0.25, 0.3) is 0 Å². The second-order valence-electron chi connectivity index (χ2n) is 5.81. The monoisotopic (exact) mass is 328 g/mol. The number of amides is 1. The van der Waals surface area contributed by atoms with Crippen molar-refractivity contribution in [2.24, 2.45) is 0 Å². The van der Waals surface area contributed by atoms with Crippen molar-refractivity contribution >= 4 is 15.7 Å². The van der Waals surface area contributed by atoms with Gasteiger partial charge in [-0.3, -0.25) is 9.69 Å². The van der Waals surface area contributed by atoms with Crippen LogP contribution in [0.1, 0.15) is 24.9 Å². The smallest absolute Gasteiger partial charge is 0.234 e. The third-order valence-electron chi connectivity index (χ3n) is 4.00. The molecule has 5 nitrogen and oxygen atoms in total. The summed E-state index contributed by atoms with van der Waals surface area (Å²) in [5.41, 5.74) is 0.917. The molecule has 1 aromatic rings. The van der Waals surface area contributed by atoms with Crippen LogP contribution in [0, 0.1) is 5.82 Å². The van der Waals surface area contributed by atoms with Crippen molar-refractivity contribution < 1.29 is 17.6 Å². The fourth-order valence-electron chi connectivity index (χ4n) is 2.54. The summed E-state index contributed by atoms with van der Waals surface area (Å²) in [7, 11) is -1.19. The number of sulfone groups is 1. The summed E-state index contributed by atoms with van der Waals surface area (Å²) in [4.78, 5) is 13.8. The minimum Gasteiger partial charge on any atom is -0.351 e. The first-order valence-electron chi connectivity index (χ1n) is 7.22. The van der Waals surface area contributed by atoms with E-state index in [1.807, 2.05) is 11.8 Å². The number of hydrogen-bond donors (Lipinski definition) is 1.